The van der Waals surface area contributed by atoms with Gasteiger partial charge in [-0.05, 0) is 48.2 Å². The summed E-state index contributed by atoms with van der Waals surface area (Å²) in [7, 11) is 1.60. The molecular formula is C20H16O5. The summed E-state index contributed by atoms with van der Waals surface area (Å²) in [6.45, 7) is 0. The molecule has 0 amide bonds. The molecule has 5 heteroatoms. The number of fused-ring (bicyclic) bond motifs is 1. The van der Waals surface area contributed by atoms with Crippen LogP contribution in [0.3, 0.4) is 0 Å². The van der Waals surface area contributed by atoms with E-state index in [9.17, 15) is 9.59 Å². The zero-order valence-corrected chi connectivity index (χ0v) is 13.7. The van der Waals surface area contributed by atoms with E-state index in [2.05, 4.69) is 0 Å². The minimum absolute atomic E-state index is 0.00772. The van der Waals surface area contributed by atoms with Gasteiger partial charge in [-0.25, -0.2) is 4.79 Å². The number of carbonyl (C=O) groups excluding carboxylic acids is 1. The monoisotopic (exact) mass is 336 g/mol. The standard InChI is InChI=1S/C20H16O5/c1-23-14-6-4-12(5-7-14)17-11-19(21)25-18-10-15(8-9-16(17)18)24-20(22)13-2-3-13/h4-11,13H,2-3H2,1H3. The zero-order chi connectivity index (χ0) is 17.4. The third-order valence-electron chi connectivity index (χ3n) is 4.25. The Bertz CT molecular complexity index is 997. The molecule has 0 radical (unpaired) electrons. The fraction of sp³-hybridized carbons (Fsp3) is 0.200. The largest absolute Gasteiger partial charge is 0.497 e. The Morgan fingerprint density at radius 3 is 2.44 bits per heavy atom. The van der Waals surface area contributed by atoms with E-state index >= 15 is 0 Å². The highest BCUT2D eigenvalue weighted by molar-refractivity contribution is 5.94. The third kappa shape index (κ3) is 3.13. The lowest BCUT2D eigenvalue weighted by Gasteiger charge is -2.08. The van der Waals surface area contributed by atoms with Gasteiger partial charge in [0.25, 0.3) is 0 Å². The Labute approximate surface area is 143 Å². The summed E-state index contributed by atoms with van der Waals surface area (Å²) in [6.07, 6.45) is 1.76. The molecule has 126 valence electrons. The van der Waals surface area contributed by atoms with E-state index in [1.807, 2.05) is 24.3 Å². The lowest BCUT2D eigenvalue weighted by molar-refractivity contribution is -0.135. The first-order valence-electron chi connectivity index (χ1n) is 8.08. The molecule has 0 spiro atoms. The van der Waals surface area contributed by atoms with Gasteiger partial charge >= 0.3 is 11.6 Å². The summed E-state index contributed by atoms with van der Waals surface area (Å²) in [6, 6.07) is 14.0. The van der Waals surface area contributed by atoms with E-state index < -0.39 is 5.63 Å². The Kier molecular flexibility index (Phi) is 3.76. The van der Waals surface area contributed by atoms with Gasteiger partial charge in [-0.1, -0.05) is 12.1 Å². The SMILES string of the molecule is COc1ccc(-c2cc(=O)oc3cc(OC(=O)C4CC4)ccc23)cc1. The second-order valence-corrected chi connectivity index (χ2v) is 6.06. The van der Waals surface area contributed by atoms with Crippen molar-refractivity contribution in [1.29, 1.82) is 0 Å². The maximum atomic E-state index is 12.0. The van der Waals surface area contributed by atoms with E-state index in [4.69, 9.17) is 13.9 Å². The molecule has 25 heavy (non-hydrogen) atoms. The van der Waals surface area contributed by atoms with Gasteiger partial charge in [0.15, 0.2) is 0 Å². The van der Waals surface area contributed by atoms with Crippen molar-refractivity contribution >= 4 is 16.9 Å². The van der Waals surface area contributed by atoms with Crippen LogP contribution in [-0.2, 0) is 4.79 Å². The number of benzene rings is 2. The van der Waals surface area contributed by atoms with Crippen LogP contribution >= 0.6 is 0 Å². The van der Waals surface area contributed by atoms with E-state index in [0.717, 1.165) is 35.1 Å². The van der Waals surface area contributed by atoms with Crippen LogP contribution in [0.25, 0.3) is 22.1 Å². The fourth-order valence-electron chi connectivity index (χ4n) is 2.73. The highest BCUT2D eigenvalue weighted by Crippen LogP contribution is 2.33. The summed E-state index contributed by atoms with van der Waals surface area (Å²) in [5.74, 6) is 0.908. The molecule has 1 aromatic heterocycles. The fourth-order valence-corrected chi connectivity index (χ4v) is 2.73. The molecule has 0 atom stereocenters. The molecule has 4 rings (SSSR count). The molecule has 1 heterocycles. The molecule has 0 saturated heterocycles. The Morgan fingerprint density at radius 1 is 1.04 bits per heavy atom. The van der Waals surface area contributed by atoms with E-state index in [1.54, 1.807) is 25.3 Å². The molecule has 0 bridgehead atoms. The highest BCUT2D eigenvalue weighted by Gasteiger charge is 2.31. The predicted molar refractivity (Wildman–Crippen MR) is 92.8 cm³/mol. The molecule has 0 N–H and O–H groups in total. The van der Waals surface area contributed by atoms with Crippen molar-refractivity contribution in [3.8, 4) is 22.6 Å². The number of rotatable bonds is 4. The molecular weight excluding hydrogens is 320 g/mol. The Hall–Kier alpha value is -3.08. The van der Waals surface area contributed by atoms with Crippen molar-refractivity contribution in [3.63, 3.8) is 0 Å². The van der Waals surface area contributed by atoms with Gasteiger partial charge in [0.2, 0.25) is 0 Å². The molecule has 1 saturated carbocycles. The van der Waals surface area contributed by atoms with Crippen LogP contribution < -0.4 is 15.1 Å². The molecule has 0 aliphatic heterocycles. The highest BCUT2D eigenvalue weighted by atomic mass is 16.5. The van der Waals surface area contributed by atoms with Crippen LogP contribution in [0, 0.1) is 5.92 Å². The van der Waals surface area contributed by atoms with Gasteiger partial charge < -0.3 is 13.9 Å². The first-order valence-corrected chi connectivity index (χ1v) is 8.08. The molecule has 0 unspecified atom stereocenters. The maximum Gasteiger partial charge on any atom is 0.336 e. The molecule has 3 aromatic rings. The minimum atomic E-state index is -0.455. The van der Waals surface area contributed by atoms with E-state index in [1.165, 1.54) is 6.07 Å². The maximum absolute atomic E-state index is 12.0. The first-order chi connectivity index (χ1) is 12.1. The third-order valence-corrected chi connectivity index (χ3v) is 4.25. The Morgan fingerprint density at radius 2 is 1.76 bits per heavy atom. The summed E-state index contributed by atoms with van der Waals surface area (Å²) in [5, 5.41) is 0.774. The van der Waals surface area contributed by atoms with Crippen LogP contribution in [0.15, 0.2) is 57.7 Å². The van der Waals surface area contributed by atoms with Crippen LogP contribution in [0.5, 0.6) is 11.5 Å². The number of carbonyl (C=O) groups is 1. The molecule has 5 nitrogen and oxygen atoms in total. The average molecular weight is 336 g/mol. The van der Waals surface area contributed by atoms with Gasteiger partial charge in [-0.2, -0.15) is 0 Å². The zero-order valence-electron chi connectivity index (χ0n) is 13.7. The minimum Gasteiger partial charge on any atom is -0.497 e. The number of esters is 1. The van der Waals surface area contributed by atoms with Crippen LogP contribution in [0.2, 0.25) is 0 Å². The van der Waals surface area contributed by atoms with Gasteiger partial charge in [-0.3, -0.25) is 4.79 Å². The quantitative estimate of drug-likeness (QED) is 0.412. The lowest BCUT2D eigenvalue weighted by Crippen LogP contribution is -2.09. The number of hydrogen-bond donors (Lipinski definition) is 0. The van der Waals surface area contributed by atoms with Crippen molar-refractivity contribution in [1.82, 2.24) is 0 Å². The average Bonchev–Trinajstić information content (AvgIpc) is 3.46. The number of ether oxygens (including phenoxy) is 2. The van der Waals surface area contributed by atoms with Crippen molar-refractivity contribution < 1.29 is 18.7 Å². The van der Waals surface area contributed by atoms with Gasteiger partial charge in [0.05, 0.1) is 13.0 Å². The topological polar surface area (TPSA) is 65.7 Å². The smallest absolute Gasteiger partial charge is 0.336 e. The van der Waals surface area contributed by atoms with Gasteiger partial charge in [0, 0.05) is 17.5 Å². The molecule has 1 aliphatic rings. The van der Waals surface area contributed by atoms with Crippen LogP contribution in [-0.4, -0.2) is 13.1 Å². The summed E-state index contributed by atoms with van der Waals surface area (Å²) in [5.41, 5.74) is 1.57. The second-order valence-electron chi connectivity index (χ2n) is 6.06. The molecule has 1 aliphatic carbocycles. The van der Waals surface area contributed by atoms with Gasteiger partial charge in [0.1, 0.15) is 17.1 Å². The molecule has 1 fully saturated rings. The van der Waals surface area contributed by atoms with E-state index in [-0.39, 0.29) is 11.9 Å². The van der Waals surface area contributed by atoms with Crippen molar-refractivity contribution in [2.75, 3.05) is 7.11 Å². The second kappa shape index (κ2) is 6.09. The first kappa shape index (κ1) is 15.4. The van der Waals surface area contributed by atoms with Crippen molar-refractivity contribution in [3.05, 3.63) is 59.0 Å². The Balaban J connectivity index is 1.76. The van der Waals surface area contributed by atoms with Gasteiger partial charge in [-0.15, -0.1) is 0 Å². The van der Waals surface area contributed by atoms with Crippen LogP contribution in [0.4, 0.5) is 0 Å². The van der Waals surface area contributed by atoms with Crippen LogP contribution in [0.1, 0.15) is 12.8 Å². The lowest BCUT2D eigenvalue weighted by atomic mass is 10.0. The number of methoxy groups -OCH3 is 1. The number of hydrogen-bond acceptors (Lipinski definition) is 5. The molecule has 2 aromatic carbocycles. The van der Waals surface area contributed by atoms with Crippen molar-refractivity contribution in [2.45, 2.75) is 12.8 Å². The summed E-state index contributed by atoms with van der Waals surface area (Å²) >= 11 is 0. The summed E-state index contributed by atoms with van der Waals surface area (Å²) in [4.78, 5) is 23.8. The van der Waals surface area contributed by atoms with Crippen molar-refractivity contribution in [2.24, 2.45) is 5.92 Å². The predicted octanol–water partition coefficient (Wildman–Crippen LogP) is 3.78. The van der Waals surface area contributed by atoms with E-state index in [0.29, 0.717) is 11.3 Å². The normalized spacial score (nSPS) is 13.6. The summed E-state index contributed by atoms with van der Waals surface area (Å²) < 4.78 is 15.8.